The highest BCUT2D eigenvalue weighted by molar-refractivity contribution is 5.96. The predicted molar refractivity (Wildman–Crippen MR) is 94.4 cm³/mol. The number of hydrogen-bond donors (Lipinski definition) is 0. The van der Waals surface area contributed by atoms with Crippen LogP contribution in [0.4, 0.5) is 0 Å². The first kappa shape index (κ1) is 17.2. The minimum Gasteiger partial charge on any atom is -0.376 e. The van der Waals surface area contributed by atoms with Crippen molar-refractivity contribution < 1.29 is 9.53 Å². The maximum Gasteiger partial charge on any atom is 0.163 e. The summed E-state index contributed by atoms with van der Waals surface area (Å²) in [5, 5.41) is 0. The first-order valence-electron chi connectivity index (χ1n) is 8.12. The zero-order valence-corrected chi connectivity index (χ0v) is 13.7. The summed E-state index contributed by atoms with van der Waals surface area (Å²) in [5.41, 5.74) is 1.98. The van der Waals surface area contributed by atoms with E-state index in [-0.39, 0.29) is 11.7 Å². The van der Waals surface area contributed by atoms with Gasteiger partial charge >= 0.3 is 0 Å². The van der Waals surface area contributed by atoms with Crippen LogP contribution in [0, 0.1) is 5.92 Å². The smallest absolute Gasteiger partial charge is 0.163 e. The molecular formula is C21H24O2. The minimum atomic E-state index is 0.197. The number of ketones is 1. The molecule has 0 aromatic heterocycles. The fourth-order valence-corrected chi connectivity index (χ4v) is 2.35. The molecule has 2 aromatic rings. The summed E-state index contributed by atoms with van der Waals surface area (Å²) in [5.74, 6) is 0.444. The second kappa shape index (κ2) is 9.75. The van der Waals surface area contributed by atoms with Crippen molar-refractivity contribution in [2.45, 2.75) is 26.4 Å². The summed E-state index contributed by atoms with van der Waals surface area (Å²) in [6.07, 6.45) is 5.63. The molecule has 0 radical (unpaired) electrons. The van der Waals surface area contributed by atoms with Crippen LogP contribution in [0.25, 0.3) is 0 Å². The van der Waals surface area contributed by atoms with E-state index in [2.05, 4.69) is 31.2 Å². The van der Waals surface area contributed by atoms with Crippen LogP contribution in [0.15, 0.2) is 72.8 Å². The molecule has 2 heteroatoms. The Kier molecular flexibility index (Phi) is 7.28. The van der Waals surface area contributed by atoms with Gasteiger partial charge in [-0.2, -0.15) is 0 Å². The van der Waals surface area contributed by atoms with Crippen molar-refractivity contribution in [2.24, 2.45) is 5.92 Å². The third kappa shape index (κ3) is 6.62. The average Bonchev–Trinajstić information content (AvgIpc) is 2.59. The molecule has 0 aliphatic carbocycles. The second-order valence-electron chi connectivity index (χ2n) is 5.73. The van der Waals surface area contributed by atoms with E-state index in [9.17, 15) is 4.79 Å². The zero-order chi connectivity index (χ0) is 16.3. The molecule has 0 bridgehead atoms. The van der Waals surface area contributed by atoms with Gasteiger partial charge in [0.25, 0.3) is 0 Å². The molecule has 0 heterocycles. The van der Waals surface area contributed by atoms with Crippen LogP contribution in [0.1, 0.15) is 35.7 Å². The van der Waals surface area contributed by atoms with E-state index in [0.717, 1.165) is 12.0 Å². The second-order valence-corrected chi connectivity index (χ2v) is 5.73. The van der Waals surface area contributed by atoms with Crippen molar-refractivity contribution in [3.05, 3.63) is 83.9 Å². The van der Waals surface area contributed by atoms with E-state index >= 15 is 0 Å². The van der Waals surface area contributed by atoms with Gasteiger partial charge in [-0.25, -0.2) is 0 Å². The van der Waals surface area contributed by atoms with Crippen LogP contribution in [-0.2, 0) is 11.3 Å². The van der Waals surface area contributed by atoms with E-state index < -0.39 is 0 Å². The lowest BCUT2D eigenvalue weighted by Crippen LogP contribution is -2.04. The quantitative estimate of drug-likeness (QED) is 0.368. The van der Waals surface area contributed by atoms with Crippen LogP contribution < -0.4 is 0 Å². The number of rotatable bonds is 9. The number of allylic oxidation sites excluding steroid dienone is 1. The van der Waals surface area contributed by atoms with Gasteiger partial charge < -0.3 is 4.74 Å². The Labute approximate surface area is 138 Å². The van der Waals surface area contributed by atoms with Crippen molar-refractivity contribution in [1.82, 2.24) is 0 Å². The van der Waals surface area contributed by atoms with Crippen molar-refractivity contribution in [3.8, 4) is 0 Å². The van der Waals surface area contributed by atoms with Gasteiger partial charge in [-0.3, -0.25) is 4.79 Å². The van der Waals surface area contributed by atoms with E-state index in [4.69, 9.17) is 4.74 Å². The number of ether oxygens (including phenoxy) is 1. The number of carbonyl (C=O) groups excluding carboxylic acids is 1. The monoisotopic (exact) mass is 308 g/mol. The summed E-state index contributed by atoms with van der Waals surface area (Å²) in [7, 11) is 0. The summed E-state index contributed by atoms with van der Waals surface area (Å²) in [6.45, 7) is 3.42. The van der Waals surface area contributed by atoms with Crippen LogP contribution in [0.2, 0.25) is 0 Å². The van der Waals surface area contributed by atoms with Gasteiger partial charge in [-0.15, -0.1) is 0 Å². The Bertz CT molecular complexity index is 602. The standard InChI is InChI=1S/C21H24O2/c1-18(16-21(22)20-13-6-3-7-14-20)10-8-9-15-23-17-19-11-4-2-5-12-19/h2-8,10-14,18H,9,15-17H2,1H3/b10-8+. The van der Waals surface area contributed by atoms with Crippen molar-refractivity contribution in [3.63, 3.8) is 0 Å². The highest BCUT2D eigenvalue weighted by Gasteiger charge is 2.08. The molecule has 0 saturated heterocycles. The fraction of sp³-hybridized carbons (Fsp3) is 0.286. The topological polar surface area (TPSA) is 26.3 Å². The van der Waals surface area contributed by atoms with Crippen LogP contribution in [0.3, 0.4) is 0 Å². The Morgan fingerprint density at radius 3 is 2.39 bits per heavy atom. The lowest BCUT2D eigenvalue weighted by molar-refractivity contribution is 0.0972. The van der Waals surface area contributed by atoms with E-state index in [0.29, 0.717) is 19.6 Å². The lowest BCUT2D eigenvalue weighted by Gasteiger charge is -2.06. The molecule has 1 unspecified atom stereocenters. The molecule has 2 nitrogen and oxygen atoms in total. The number of hydrogen-bond acceptors (Lipinski definition) is 2. The summed E-state index contributed by atoms with van der Waals surface area (Å²) < 4.78 is 5.63. The molecule has 0 spiro atoms. The van der Waals surface area contributed by atoms with Gasteiger partial charge in [0.2, 0.25) is 0 Å². The van der Waals surface area contributed by atoms with E-state index in [1.165, 1.54) is 5.56 Å². The molecule has 120 valence electrons. The average molecular weight is 308 g/mol. The Morgan fingerprint density at radius 1 is 1.04 bits per heavy atom. The maximum absolute atomic E-state index is 12.1. The first-order chi connectivity index (χ1) is 11.3. The van der Waals surface area contributed by atoms with Gasteiger partial charge in [0, 0.05) is 12.0 Å². The first-order valence-corrected chi connectivity index (χ1v) is 8.12. The SMILES string of the molecule is CC(/C=C/CCOCc1ccccc1)CC(=O)c1ccccc1. The fourth-order valence-electron chi connectivity index (χ4n) is 2.35. The van der Waals surface area contributed by atoms with Crippen LogP contribution in [-0.4, -0.2) is 12.4 Å². The highest BCUT2D eigenvalue weighted by Crippen LogP contribution is 2.11. The summed E-state index contributed by atoms with van der Waals surface area (Å²) in [4.78, 5) is 12.1. The molecule has 0 N–H and O–H groups in total. The zero-order valence-electron chi connectivity index (χ0n) is 13.7. The number of benzene rings is 2. The van der Waals surface area contributed by atoms with Crippen molar-refractivity contribution in [2.75, 3.05) is 6.61 Å². The molecule has 0 amide bonds. The number of Topliss-reactive ketones (excluding diaryl/α,β-unsaturated/α-hetero) is 1. The molecule has 0 aliphatic heterocycles. The Balaban J connectivity index is 1.62. The van der Waals surface area contributed by atoms with Crippen molar-refractivity contribution >= 4 is 5.78 Å². The molecule has 0 fully saturated rings. The third-order valence-electron chi connectivity index (χ3n) is 3.61. The largest absolute Gasteiger partial charge is 0.376 e. The van der Waals surface area contributed by atoms with Gasteiger partial charge in [-0.05, 0) is 17.9 Å². The molecule has 1 atom stereocenters. The maximum atomic E-state index is 12.1. The Morgan fingerprint density at radius 2 is 1.70 bits per heavy atom. The summed E-state index contributed by atoms with van der Waals surface area (Å²) >= 11 is 0. The van der Waals surface area contributed by atoms with Crippen LogP contribution >= 0.6 is 0 Å². The predicted octanol–water partition coefficient (Wildman–Crippen LogP) is 5.06. The van der Waals surface area contributed by atoms with Gasteiger partial charge in [0.05, 0.1) is 13.2 Å². The normalized spacial score (nSPS) is 12.4. The minimum absolute atomic E-state index is 0.197. The lowest BCUT2D eigenvalue weighted by atomic mass is 9.99. The number of carbonyl (C=O) groups is 1. The molecule has 2 rings (SSSR count). The molecule has 2 aromatic carbocycles. The van der Waals surface area contributed by atoms with Crippen LogP contribution in [0.5, 0.6) is 0 Å². The van der Waals surface area contributed by atoms with E-state index in [1.807, 2.05) is 48.5 Å². The van der Waals surface area contributed by atoms with Crippen molar-refractivity contribution in [1.29, 1.82) is 0 Å². The third-order valence-corrected chi connectivity index (χ3v) is 3.61. The molecule has 0 saturated carbocycles. The highest BCUT2D eigenvalue weighted by atomic mass is 16.5. The molecular weight excluding hydrogens is 284 g/mol. The molecule has 23 heavy (non-hydrogen) atoms. The summed E-state index contributed by atoms with van der Waals surface area (Å²) in [6, 6.07) is 19.6. The van der Waals surface area contributed by atoms with Gasteiger partial charge in [0.15, 0.2) is 5.78 Å². The van der Waals surface area contributed by atoms with Gasteiger partial charge in [0.1, 0.15) is 0 Å². The van der Waals surface area contributed by atoms with Gasteiger partial charge in [-0.1, -0.05) is 79.7 Å². The Hall–Kier alpha value is -2.19. The molecule has 0 aliphatic rings. The van der Waals surface area contributed by atoms with E-state index in [1.54, 1.807) is 0 Å².